The first kappa shape index (κ1) is 24.2. The van der Waals surface area contributed by atoms with Crippen LogP contribution in [0, 0.1) is 17.3 Å². The lowest BCUT2D eigenvalue weighted by atomic mass is 9.74. The number of rotatable bonds is 9. The van der Waals surface area contributed by atoms with E-state index in [0.29, 0.717) is 22.0 Å². The Morgan fingerprint density at radius 1 is 1.08 bits per heavy atom. The van der Waals surface area contributed by atoms with Crippen LogP contribution < -0.4 is 10.2 Å². The Balaban J connectivity index is 1.01. The summed E-state index contributed by atoms with van der Waals surface area (Å²) < 4.78 is 0.382. The van der Waals surface area contributed by atoms with E-state index < -0.39 is 0 Å². The van der Waals surface area contributed by atoms with Crippen molar-refractivity contribution in [3.63, 3.8) is 0 Å². The van der Waals surface area contributed by atoms with Gasteiger partial charge in [0.1, 0.15) is 11.6 Å². The van der Waals surface area contributed by atoms with Crippen LogP contribution in [-0.4, -0.2) is 41.9 Å². The van der Waals surface area contributed by atoms with Crippen LogP contribution in [0.15, 0.2) is 59.6 Å². The van der Waals surface area contributed by atoms with Gasteiger partial charge in [0.25, 0.3) is 0 Å². The molecule has 36 heavy (non-hydrogen) atoms. The number of para-hydroxylation sites is 1. The molecule has 0 radical (unpaired) electrons. The van der Waals surface area contributed by atoms with Crippen LogP contribution in [0.1, 0.15) is 63.6 Å². The largest absolute Gasteiger partial charge is 0.362 e. The fourth-order valence-corrected chi connectivity index (χ4v) is 8.64. The molecule has 1 aromatic carbocycles. The first-order valence-corrected chi connectivity index (χ1v) is 14.8. The lowest BCUT2D eigenvalue weighted by Gasteiger charge is -2.33. The summed E-state index contributed by atoms with van der Waals surface area (Å²) in [7, 11) is 4.17. The number of allylic oxidation sites excluding steroid dienone is 3. The van der Waals surface area contributed by atoms with Gasteiger partial charge in [-0.2, -0.15) is 0 Å². The van der Waals surface area contributed by atoms with E-state index in [9.17, 15) is 0 Å². The zero-order valence-corrected chi connectivity index (χ0v) is 22.9. The van der Waals surface area contributed by atoms with E-state index in [1.165, 1.54) is 38.5 Å². The number of anilines is 1. The molecule has 3 aliphatic carbocycles. The van der Waals surface area contributed by atoms with Crippen LogP contribution in [0.5, 0.6) is 0 Å². The quantitative estimate of drug-likeness (QED) is 0.381. The number of aromatic nitrogens is 2. The Hall–Kier alpha value is -2.11. The van der Waals surface area contributed by atoms with Crippen LogP contribution in [0.2, 0.25) is 0 Å². The van der Waals surface area contributed by atoms with Crippen LogP contribution in [0.4, 0.5) is 5.82 Å². The molecule has 2 fully saturated rings. The van der Waals surface area contributed by atoms with Crippen molar-refractivity contribution >= 4 is 28.5 Å². The van der Waals surface area contributed by atoms with Gasteiger partial charge in [0.15, 0.2) is 0 Å². The van der Waals surface area contributed by atoms with Crippen molar-refractivity contribution in [2.45, 2.75) is 62.5 Å². The minimum absolute atomic E-state index is 0.360. The molecule has 2 saturated carbocycles. The number of hydrogen-bond donors (Lipinski definition) is 1. The van der Waals surface area contributed by atoms with E-state index in [-0.39, 0.29) is 0 Å². The second-order valence-corrected chi connectivity index (χ2v) is 12.8. The first-order valence-electron chi connectivity index (χ1n) is 13.9. The molecule has 1 N–H and O–H groups in total. The van der Waals surface area contributed by atoms with E-state index in [1.54, 1.807) is 5.57 Å². The van der Waals surface area contributed by atoms with Gasteiger partial charge < -0.3 is 10.2 Å². The van der Waals surface area contributed by atoms with Gasteiger partial charge in [0.2, 0.25) is 0 Å². The second kappa shape index (κ2) is 9.64. The third-order valence-corrected chi connectivity index (χ3v) is 10.7. The van der Waals surface area contributed by atoms with E-state index in [4.69, 9.17) is 9.97 Å². The maximum absolute atomic E-state index is 5.09. The molecule has 1 aromatic heterocycles. The number of nitrogens with one attached hydrogen (secondary N) is 1. The van der Waals surface area contributed by atoms with Crippen molar-refractivity contribution in [3.05, 3.63) is 65.4 Å². The highest BCUT2D eigenvalue weighted by atomic mass is 32.2. The minimum Gasteiger partial charge on any atom is -0.362 e. The van der Waals surface area contributed by atoms with Gasteiger partial charge in [-0.15, -0.1) is 11.8 Å². The summed E-state index contributed by atoms with van der Waals surface area (Å²) in [6.07, 6.45) is 18.2. The normalized spacial score (nSPS) is 31.1. The summed E-state index contributed by atoms with van der Waals surface area (Å²) in [6, 6.07) is 8.44. The number of fused-ring (bicyclic) bond motifs is 1. The third kappa shape index (κ3) is 4.12. The standard InChI is InChI=1S/C31H40N4S/c1-4-25(28-33-27-10-6-5-9-26(27)29(34-28)35(2)3)23-13-11-22(12-14-23)19-32-18-15-24-20-36-31-17-8-7-16-30(24,31)21-31/h5-10,16-17,20,22-23,25,32H,4,11-15,18-19,21H2,1-3H3. The average molecular weight is 501 g/mol. The Morgan fingerprint density at radius 2 is 1.89 bits per heavy atom. The van der Waals surface area contributed by atoms with Crippen LogP contribution >= 0.6 is 11.8 Å². The second-order valence-electron chi connectivity index (χ2n) is 11.6. The maximum atomic E-state index is 5.09. The monoisotopic (exact) mass is 500 g/mol. The highest BCUT2D eigenvalue weighted by Gasteiger charge is 2.69. The molecule has 1 aliphatic heterocycles. The molecular weight excluding hydrogens is 460 g/mol. The fourth-order valence-electron chi connectivity index (χ4n) is 7.09. The predicted molar refractivity (Wildman–Crippen MR) is 154 cm³/mol. The van der Waals surface area contributed by atoms with E-state index >= 15 is 0 Å². The van der Waals surface area contributed by atoms with Gasteiger partial charge in [-0.3, -0.25) is 0 Å². The van der Waals surface area contributed by atoms with Crippen molar-refractivity contribution in [3.8, 4) is 0 Å². The van der Waals surface area contributed by atoms with E-state index in [2.05, 4.69) is 97.0 Å². The van der Waals surface area contributed by atoms with Gasteiger partial charge in [-0.1, -0.05) is 48.9 Å². The molecule has 0 bridgehead atoms. The highest BCUT2D eigenvalue weighted by Crippen LogP contribution is 2.75. The Morgan fingerprint density at radius 3 is 2.69 bits per heavy atom. The van der Waals surface area contributed by atoms with Crippen LogP contribution in [0.3, 0.4) is 0 Å². The van der Waals surface area contributed by atoms with Crippen molar-refractivity contribution in [2.24, 2.45) is 17.3 Å². The molecule has 0 saturated heterocycles. The van der Waals surface area contributed by atoms with E-state index in [0.717, 1.165) is 48.0 Å². The maximum Gasteiger partial charge on any atom is 0.139 e. The summed E-state index contributed by atoms with van der Waals surface area (Å²) in [5, 5.41) is 7.42. The lowest BCUT2D eigenvalue weighted by Crippen LogP contribution is -2.29. The van der Waals surface area contributed by atoms with Crippen molar-refractivity contribution in [1.29, 1.82) is 0 Å². The van der Waals surface area contributed by atoms with Crippen LogP contribution in [0.25, 0.3) is 10.9 Å². The molecule has 4 aliphatic rings. The van der Waals surface area contributed by atoms with Gasteiger partial charge in [-0.05, 0) is 87.4 Å². The van der Waals surface area contributed by atoms with Gasteiger partial charge in [0, 0.05) is 30.8 Å². The minimum atomic E-state index is 0.360. The lowest BCUT2D eigenvalue weighted by molar-refractivity contribution is 0.230. The van der Waals surface area contributed by atoms with Crippen molar-refractivity contribution in [1.82, 2.24) is 15.3 Å². The zero-order chi connectivity index (χ0) is 24.8. The number of nitrogens with zero attached hydrogens (tertiary/aromatic N) is 3. The molecule has 0 amide bonds. The summed E-state index contributed by atoms with van der Waals surface area (Å²) in [5.74, 6) is 4.04. The molecule has 3 atom stereocenters. The molecule has 0 spiro atoms. The third-order valence-electron chi connectivity index (χ3n) is 9.27. The van der Waals surface area contributed by atoms with Gasteiger partial charge in [0.05, 0.1) is 10.3 Å². The first-order chi connectivity index (χ1) is 17.6. The SMILES string of the molecule is CCC(c1nc(N(C)C)c2ccccc2n1)C1CCC(CNCCC2=CSC34C=CC=CC23C4)CC1. The average Bonchev–Trinajstić information content (AvgIpc) is 3.49. The molecule has 5 heteroatoms. The molecule has 2 heterocycles. The topological polar surface area (TPSA) is 41.1 Å². The summed E-state index contributed by atoms with van der Waals surface area (Å²) in [5.41, 5.74) is 3.09. The highest BCUT2D eigenvalue weighted by molar-refractivity contribution is 8.04. The number of benzene rings is 1. The number of thioether (sulfide) groups is 1. The summed E-state index contributed by atoms with van der Waals surface area (Å²) in [6.45, 7) is 4.58. The fraction of sp³-hybridized carbons (Fsp3) is 0.548. The molecule has 190 valence electrons. The molecule has 3 unspecified atom stereocenters. The van der Waals surface area contributed by atoms with E-state index in [1.807, 2.05) is 0 Å². The van der Waals surface area contributed by atoms with Crippen molar-refractivity contribution < 1.29 is 0 Å². The van der Waals surface area contributed by atoms with Gasteiger partial charge >= 0.3 is 0 Å². The summed E-state index contributed by atoms with van der Waals surface area (Å²) in [4.78, 5) is 12.3. The summed E-state index contributed by atoms with van der Waals surface area (Å²) >= 11 is 2.05. The Bertz CT molecular complexity index is 1210. The van der Waals surface area contributed by atoms with Crippen molar-refractivity contribution in [2.75, 3.05) is 32.1 Å². The Kier molecular flexibility index (Phi) is 6.49. The predicted octanol–water partition coefficient (Wildman–Crippen LogP) is 6.86. The zero-order valence-electron chi connectivity index (χ0n) is 22.0. The Labute approximate surface area is 220 Å². The van der Waals surface area contributed by atoms with Gasteiger partial charge in [-0.25, -0.2) is 9.97 Å². The molecule has 6 rings (SSSR count). The van der Waals surface area contributed by atoms with Crippen LogP contribution in [-0.2, 0) is 0 Å². The molecule has 4 nitrogen and oxygen atoms in total. The number of hydrogen-bond acceptors (Lipinski definition) is 5. The smallest absolute Gasteiger partial charge is 0.139 e. The molecule has 2 aromatic rings. The molecular formula is C31H40N4S.